The molecule has 1 atom stereocenters. The lowest BCUT2D eigenvalue weighted by Crippen LogP contribution is -2.43. The van der Waals surface area contributed by atoms with Crippen LogP contribution in [0.3, 0.4) is 0 Å². The van der Waals surface area contributed by atoms with Crippen LogP contribution in [0.4, 0.5) is 0 Å². The van der Waals surface area contributed by atoms with Crippen LogP contribution in [0.15, 0.2) is 36.4 Å². The molecule has 2 aliphatic heterocycles. The Morgan fingerprint density at radius 1 is 0.733 bits per heavy atom. The summed E-state index contributed by atoms with van der Waals surface area (Å²) in [5, 5.41) is 21.8. The van der Waals surface area contributed by atoms with E-state index >= 15 is 0 Å². The fourth-order valence-corrected chi connectivity index (χ4v) is 5.58. The largest absolute Gasteiger partial charge is 0.369 e. The van der Waals surface area contributed by atoms with E-state index < -0.39 is 6.23 Å². The molecule has 4 aromatic rings. The van der Waals surface area contributed by atoms with E-state index in [0.717, 1.165) is 43.1 Å². The van der Waals surface area contributed by atoms with Gasteiger partial charge in [0.1, 0.15) is 0 Å². The van der Waals surface area contributed by atoms with Gasteiger partial charge in [0.05, 0.1) is 0 Å². The van der Waals surface area contributed by atoms with Crippen LogP contribution in [0.2, 0.25) is 0 Å². The Bertz CT molecular complexity index is 1620. The van der Waals surface area contributed by atoms with E-state index in [1.54, 1.807) is 12.1 Å². The van der Waals surface area contributed by atoms with Gasteiger partial charge in [-0.25, -0.2) is 0 Å². The van der Waals surface area contributed by atoms with Crippen molar-refractivity contribution in [1.29, 1.82) is 0 Å². The van der Waals surface area contributed by atoms with Gasteiger partial charge in [0.15, 0.2) is 6.23 Å². The summed E-state index contributed by atoms with van der Waals surface area (Å²) in [4.78, 5) is 37.5. The highest BCUT2D eigenvalue weighted by molar-refractivity contribution is 6.32. The molecule has 3 N–H and O–H groups in total. The topological polar surface area (TPSA) is 95.5 Å². The minimum atomic E-state index is -1.04. The molecule has 6 nitrogen and oxygen atoms in total. The summed E-state index contributed by atoms with van der Waals surface area (Å²) < 4.78 is 0. The molecule has 0 aromatic heterocycles. The molecule has 4 aromatic carbocycles. The molecule has 0 bridgehead atoms. The maximum atomic E-state index is 12.5. The summed E-state index contributed by atoms with van der Waals surface area (Å²) in [6, 6.07) is 11.3. The van der Waals surface area contributed by atoms with E-state index in [1.165, 1.54) is 0 Å². The molecular weight excluding hydrogens is 380 g/mol. The van der Waals surface area contributed by atoms with E-state index in [-0.39, 0.29) is 17.7 Å². The second kappa shape index (κ2) is 5.04. The van der Waals surface area contributed by atoms with E-state index in [4.69, 9.17) is 0 Å². The van der Waals surface area contributed by atoms with E-state index in [0.29, 0.717) is 35.1 Å². The van der Waals surface area contributed by atoms with Crippen LogP contribution in [-0.4, -0.2) is 22.8 Å². The molecular formula is C24H14N2O4. The number of fused-ring (bicyclic) bond motifs is 2. The maximum absolute atomic E-state index is 12.5. The van der Waals surface area contributed by atoms with E-state index in [2.05, 4.69) is 10.6 Å². The molecule has 1 aliphatic carbocycles. The normalized spacial score (nSPS) is 19.6. The van der Waals surface area contributed by atoms with Crippen LogP contribution in [0.25, 0.3) is 37.9 Å². The van der Waals surface area contributed by atoms with Crippen molar-refractivity contribution in [1.82, 2.24) is 10.6 Å². The molecule has 3 aliphatic rings. The molecule has 1 unspecified atom stereocenters. The molecule has 30 heavy (non-hydrogen) atoms. The number of nitrogens with one attached hydrogen (secondary N) is 2. The molecule has 0 spiro atoms. The van der Waals surface area contributed by atoms with Crippen LogP contribution in [0.5, 0.6) is 0 Å². The van der Waals surface area contributed by atoms with Gasteiger partial charge in [0.2, 0.25) is 0 Å². The van der Waals surface area contributed by atoms with Gasteiger partial charge >= 0.3 is 0 Å². The fraction of sp³-hybridized carbons (Fsp3) is 0.125. The predicted octanol–water partition coefficient (Wildman–Crippen LogP) is 1.97. The minimum absolute atomic E-state index is 0.290. The Hall–Kier alpha value is -3.77. The van der Waals surface area contributed by atoms with Crippen molar-refractivity contribution < 1.29 is 19.5 Å². The average Bonchev–Trinajstić information content (AvgIpc) is 2.74. The number of imide groups is 1. The maximum Gasteiger partial charge on any atom is 0.258 e. The molecule has 144 valence electrons. The van der Waals surface area contributed by atoms with Crippen molar-refractivity contribution in [2.45, 2.75) is 19.1 Å². The van der Waals surface area contributed by atoms with Gasteiger partial charge in [-0.3, -0.25) is 19.7 Å². The molecule has 0 fully saturated rings. The Balaban J connectivity index is 1.80. The highest BCUT2D eigenvalue weighted by atomic mass is 16.3. The highest BCUT2D eigenvalue weighted by Crippen LogP contribution is 2.43. The third-order valence-corrected chi connectivity index (χ3v) is 6.79. The predicted molar refractivity (Wildman–Crippen MR) is 111 cm³/mol. The van der Waals surface area contributed by atoms with Crippen LogP contribution in [0.1, 0.15) is 44.5 Å². The SMILES string of the molecule is O=C1NC(=O)c2ccc3c4c(c5ccc6c7c(ccc3c57)C(O)NC6=O)CCC1=c24. The number of carbonyl (C=O) groups is 3. The lowest BCUT2D eigenvalue weighted by atomic mass is 9.79. The monoisotopic (exact) mass is 394 g/mol. The smallest absolute Gasteiger partial charge is 0.258 e. The van der Waals surface area contributed by atoms with Crippen molar-refractivity contribution in [3.05, 3.63) is 63.9 Å². The molecule has 6 heteroatoms. The first-order chi connectivity index (χ1) is 14.5. The summed E-state index contributed by atoms with van der Waals surface area (Å²) >= 11 is 0. The number of carbonyl (C=O) groups excluding carboxylic acids is 3. The Labute approximate surface area is 169 Å². The van der Waals surface area contributed by atoms with Crippen molar-refractivity contribution in [2.75, 3.05) is 0 Å². The minimum Gasteiger partial charge on any atom is -0.369 e. The fourth-order valence-electron chi connectivity index (χ4n) is 5.58. The van der Waals surface area contributed by atoms with Gasteiger partial charge in [-0.05, 0) is 57.5 Å². The lowest BCUT2D eigenvalue weighted by Gasteiger charge is -2.28. The summed E-state index contributed by atoms with van der Waals surface area (Å²) in [5.41, 5.74) is 3.52. The second-order valence-electron chi connectivity index (χ2n) is 8.14. The molecule has 0 radical (unpaired) electrons. The second-order valence-corrected chi connectivity index (χ2v) is 8.14. The van der Waals surface area contributed by atoms with Crippen LogP contribution >= 0.6 is 0 Å². The number of amides is 3. The summed E-state index contributed by atoms with van der Waals surface area (Å²) in [6.45, 7) is 0. The molecule has 7 rings (SSSR count). The number of benzene rings is 4. The standard InChI is InChI=1S/C24H14N2O4/c27-21-13-5-1-9-10-2-6-15-20-16(24(30)26-23(15)29)8-4-12(18(10)20)11-3-7-14(22(28)25-21)19(13)17(9)11/h1-3,5-7,21,27H,4,8H2,(H,25,28)(H,26,29,30). The summed E-state index contributed by atoms with van der Waals surface area (Å²) in [6.07, 6.45) is 0.184. The van der Waals surface area contributed by atoms with Gasteiger partial charge in [-0.15, -0.1) is 0 Å². The zero-order valence-electron chi connectivity index (χ0n) is 15.6. The first-order valence-corrected chi connectivity index (χ1v) is 9.89. The van der Waals surface area contributed by atoms with Crippen LogP contribution in [-0.2, 0) is 11.2 Å². The third kappa shape index (κ3) is 1.68. The van der Waals surface area contributed by atoms with Gasteiger partial charge < -0.3 is 10.4 Å². The van der Waals surface area contributed by atoms with Crippen LogP contribution < -0.4 is 15.9 Å². The number of rotatable bonds is 0. The van der Waals surface area contributed by atoms with Crippen molar-refractivity contribution in [2.24, 2.45) is 0 Å². The average molecular weight is 394 g/mol. The van der Waals surface area contributed by atoms with Gasteiger partial charge in [0.25, 0.3) is 17.7 Å². The molecule has 0 saturated heterocycles. The lowest BCUT2D eigenvalue weighted by molar-refractivity contribution is -0.115. The van der Waals surface area contributed by atoms with Crippen molar-refractivity contribution in [3.63, 3.8) is 0 Å². The first-order valence-electron chi connectivity index (χ1n) is 9.89. The van der Waals surface area contributed by atoms with Crippen molar-refractivity contribution >= 4 is 55.6 Å². The number of aliphatic hydroxyl groups is 1. The summed E-state index contributed by atoms with van der Waals surface area (Å²) in [7, 11) is 0. The number of hydrogen-bond acceptors (Lipinski definition) is 4. The third-order valence-electron chi connectivity index (χ3n) is 6.79. The molecule has 0 saturated carbocycles. The number of aryl methyl sites for hydroxylation is 1. The van der Waals surface area contributed by atoms with Gasteiger partial charge in [-0.2, -0.15) is 0 Å². The van der Waals surface area contributed by atoms with Crippen LogP contribution in [0, 0.1) is 0 Å². The highest BCUT2D eigenvalue weighted by Gasteiger charge is 2.32. The number of hydrogen-bond donors (Lipinski definition) is 3. The zero-order valence-corrected chi connectivity index (χ0v) is 15.6. The molecule has 3 amide bonds. The first kappa shape index (κ1) is 16.1. The number of aliphatic hydroxyl groups excluding tert-OH is 1. The zero-order chi connectivity index (χ0) is 20.3. The van der Waals surface area contributed by atoms with E-state index in [1.807, 2.05) is 24.3 Å². The summed E-state index contributed by atoms with van der Waals surface area (Å²) in [5.74, 6) is -0.962. The van der Waals surface area contributed by atoms with Crippen molar-refractivity contribution in [3.8, 4) is 0 Å². The molecule has 2 heterocycles. The van der Waals surface area contributed by atoms with Gasteiger partial charge in [-0.1, -0.05) is 24.3 Å². The van der Waals surface area contributed by atoms with Gasteiger partial charge in [0, 0.05) is 32.9 Å². The van der Waals surface area contributed by atoms with E-state index in [9.17, 15) is 19.5 Å². The Morgan fingerprint density at radius 2 is 1.47 bits per heavy atom. The Kier molecular flexibility index (Phi) is 2.70. The Morgan fingerprint density at radius 3 is 2.33 bits per heavy atom. The quantitative estimate of drug-likeness (QED) is 0.241.